The molecule has 120 valence electrons. The van der Waals surface area contributed by atoms with E-state index in [2.05, 4.69) is 16.8 Å². The number of rotatable bonds is 16. The van der Waals surface area contributed by atoms with Crippen molar-refractivity contribution in [2.24, 2.45) is 0 Å². The predicted molar refractivity (Wildman–Crippen MR) is 77.7 cm³/mol. The molecule has 0 aromatic rings. The smallest absolute Gasteiger partial charge is 0.123 e. The number of hydrogen-bond acceptors (Lipinski definition) is 6. The molecule has 0 N–H and O–H groups in total. The normalized spacial score (nSPS) is 10.0. The molecule has 0 bridgehead atoms. The van der Waals surface area contributed by atoms with Gasteiger partial charge in [-0.1, -0.05) is 12.3 Å². The Hall–Kier alpha value is -1.28. The highest BCUT2D eigenvalue weighted by Gasteiger charge is 1.93. The van der Waals surface area contributed by atoms with E-state index in [1.807, 2.05) is 0 Å². The van der Waals surface area contributed by atoms with Crippen molar-refractivity contribution in [3.63, 3.8) is 0 Å². The molecule has 0 unspecified atom stereocenters. The summed E-state index contributed by atoms with van der Waals surface area (Å²) in [5.74, 6) is 2.38. The van der Waals surface area contributed by atoms with Crippen LogP contribution in [0.15, 0.2) is 0 Å². The molecule has 0 fully saturated rings. The summed E-state index contributed by atoms with van der Waals surface area (Å²) in [5, 5.41) is 0. The minimum Gasteiger partial charge on any atom is -0.444 e. The molecule has 0 spiro atoms. The SMILES string of the molecule is C#CCOCCOCCOCCOCCOCCOC#C. The van der Waals surface area contributed by atoms with Crippen molar-refractivity contribution in [1.29, 1.82) is 0 Å². The molecule has 0 amide bonds. The lowest BCUT2D eigenvalue weighted by Gasteiger charge is -2.07. The summed E-state index contributed by atoms with van der Waals surface area (Å²) in [6.45, 7) is 5.32. The molecule has 0 aromatic carbocycles. The molecule has 0 radical (unpaired) electrons. The van der Waals surface area contributed by atoms with E-state index in [9.17, 15) is 0 Å². The maximum atomic E-state index is 5.31. The van der Waals surface area contributed by atoms with E-state index in [1.54, 1.807) is 0 Å². The van der Waals surface area contributed by atoms with Crippen molar-refractivity contribution in [1.82, 2.24) is 0 Å². The molecule has 0 atom stereocenters. The van der Waals surface area contributed by atoms with Gasteiger partial charge in [0.1, 0.15) is 19.3 Å². The van der Waals surface area contributed by atoms with E-state index in [0.29, 0.717) is 72.7 Å². The summed E-state index contributed by atoms with van der Waals surface area (Å²) < 4.78 is 30.8. The Balaban J connectivity index is 2.94. The molecule has 0 saturated carbocycles. The first kappa shape index (κ1) is 19.7. The lowest BCUT2D eigenvalue weighted by atomic mass is 10.7. The zero-order valence-electron chi connectivity index (χ0n) is 12.4. The van der Waals surface area contributed by atoms with E-state index in [4.69, 9.17) is 36.5 Å². The Morgan fingerprint density at radius 2 is 0.905 bits per heavy atom. The van der Waals surface area contributed by atoms with Gasteiger partial charge in [-0.3, -0.25) is 0 Å². The van der Waals surface area contributed by atoms with Gasteiger partial charge in [0.05, 0.1) is 59.5 Å². The van der Waals surface area contributed by atoms with Gasteiger partial charge in [-0.2, -0.15) is 0 Å². The van der Waals surface area contributed by atoms with Gasteiger partial charge in [-0.15, -0.1) is 6.42 Å². The van der Waals surface area contributed by atoms with Crippen LogP contribution in [0.25, 0.3) is 0 Å². The van der Waals surface area contributed by atoms with Crippen molar-refractivity contribution in [2.45, 2.75) is 0 Å². The highest BCUT2D eigenvalue weighted by Crippen LogP contribution is 1.84. The molecule has 21 heavy (non-hydrogen) atoms. The van der Waals surface area contributed by atoms with E-state index in [0.717, 1.165) is 0 Å². The Kier molecular flexibility index (Phi) is 17.6. The zero-order valence-corrected chi connectivity index (χ0v) is 12.4. The molecule has 6 nitrogen and oxygen atoms in total. The summed E-state index contributed by atoms with van der Waals surface area (Å²) in [6.07, 6.45) is 12.0. The third-order valence-corrected chi connectivity index (χ3v) is 2.09. The first-order valence-corrected chi connectivity index (χ1v) is 6.81. The van der Waals surface area contributed by atoms with Gasteiger partial charge in [0.2, 0.25) is 0 Å². The van der Waals surface area contributed by atoms with Gasteiger partial charge in [0, 0.05) is 0 Å². The van der Waals surface area contributed by atoms with Crippen LogP contribution in [0.5, 0.6) is 0 Å². The monoisotopic (exact) mass is 300 g/mol. The number of terminal acetylenes is 2. The maximum absolute atomic E-state index is 5.31. The van der Waals surface area contributed by atoms with Crippen LogP contribution in [0.2, 0.25) is 0 Å². The van der Waals surface area contributed by atoms with Crippen LogP contribution in [-0.4, -0.2) is 72.7 Å². The second-order valence-corrected chi connectivity index (χ2v) is 3.67. The topological polar surface area (TPSA) is 55.4 Å². The molecule has 0 heterocycles. The lowest BCUT2D eigenvalue weighted by molar-refractivity contribution is -0.0116. The molecular weight excluding hydrogens is 276 g/mol. The van der Waals surface area contributed by atoms with E-state index < -0.39 is 0 Å². The quantitative estimate of drug-likeness (QED) is 0.302. The second kappa shape index (κ2) is 18.7. The van der Waals surface area contributed by atoms with Crippen LogP contribution < -0.4 is 0 Å². The minimum atomic E-state index is 0.317. The average Bonchev–Trinajstić information content (AvgIpc) is 2.50. The molecule has 0 rings (SSSR count). The Morgan fingerprint density at radius 3 is 1.29 bits per heavy atom. The summed E-state index contributed by atoms with van der Waals surface area (Å²) in [7, 11) is 0. The summed E-state index contributed by atoms with van der Waals surface area (Å²) in [5.41, 5.74) is 0. The molecule has 0 aromatic heterocycles. The van der Waals surface area contributed by atoms with E-state index >= 15 is 0 Å². The molecule has 0 saturated heterocycles. The van der Waals surface area contributed by atoms with Crippen LogP contribution >= 0.6 is 0 Å². The van der Waals surface area contributed by atoms with Crippen LogP contribution in [0.3, 0.4) is 0 Å². The van der Waals surface area contributed by atoms with Crippen molar-refractivity contribution in [2.75, 3.05) is 72.7 Å². The van der Waals surface area contributed by atoms with Gasteiger partial charge in [0.25, 0.3) is 0 Å². The first-order valence-electron chi connectivity index (χ1n) is 6.81. The molecule has 0 aliphatic heterocycles. The van der Waals surface area contributed by atoms with Crippen molar-refractivity contribution in [3.8, 4) is 24.9 Å². The van der Waals surface area contributed by atoms with Crippen molar-refractivity contribution in [3.05, 3.63) is 0 Å². The van der Waals surface area contributed by atoms with Gasteiger partial charge in [-0.25, -0.2) is 0 Å². The van der Waals surface area contributed by atoms with Crippen molar-refractivity contribution >= 4 is 0 Å². The molecular formula is C15H24O6. The van der Waals surface area contributed by atoms with Gasteiger partial charge in [-0.05, 0) is 0 Å². The fraction of sp³-hybridized carbons (Fsp3) is 0.733. The Bertz CT molecular complexity index is 253. The first-order chi connectivity index (χ1) is 10.4. The lowest BCUT2D eigenvalue weighted by Crippen LogP contribution is -2.13. The largest absolute Gasteiger partial charge is 0.444 e. The van der Waals surface area contributed by atoms with Crippen LogP contribution in [0, 0.1) is 24.9 Å². The van der Waals surface area contributed by atoms with Crippen molar-refractivity contribution < 1.29 is 28.4 Å². The minimum absolute atomic E-state index is 0.317. The third kappa shape index (κ3) is 18.7. The van der Waals surface area contributed by atoms with Gasteiger partial charge >= 0.3 is 0 Å². The van der Waals surface area contributed by atoms with Gasteiger partial charge in [0.15, 0.2) is 0 Å². The Labute approximate surface area is 127 Å². The fourth-order valence-corrected chi connectivity index (χ4v) is 1.17. The summed E-state index contributed by atoms with van der Waals surface area (Å²) >= 11 is 0. The van der Waals surface area contributed by atoms with Crippen LogP contribution in [0.1, 0.15) is 0 Å². The highest BCUT2D eigenvalue weighted by molar-refractivity contribution is 4.82. The third-order valence-electron chi connectivity index (χ3n) is 2.09. The van der Waals surface area contributed by atoms with E-state index in [-0.39, 0.29) is 0 Å². The zero-order chi connectivity index (χ0) is 15.4. The second-order valence-electron chi connectivity index (χ2n) is 3.67. The standard InChI is InChI=1S/C15H24O6/c1-3-5-17-8-9-19-12-13-21-15-14-20-11-10-18-7-6-16-4-2/h1-2H,5-15H2. The number of hydrogen-bond donors (Lipinski definition) is 0. The predicted octanol–water partition coefficient (Wildman–Crippen LogP) is 0.310. The van der Waals surface area contributed by atoms with Gasteiger partial charge < -0.3 is 28.4 Å². The molecule has 0 aliphatic rings. The Morgan fingerprint density at radius 1 is 0.524 bits per heavy atom. The maximum Gasteiger partial charge on any atom is 0.123 e. The van der Waals surface area contributed by atoms with Crippen LogP contribution in [0.4, 0.5) is 0 Å². The fourth-order valence-electron chi connectivity index (χ4n) is 1.17. The average molecular weight is 300 g/mol. The van der Waals surface area contributed by atoms with Crippen LogP contribution in [-0.2, 0) is 28.4 Å². The summed E-state index contributed by atoms with van der Waals surface area (Å²) in [4.78, 5) is 0. The van der Waals surface area contributed by atoms with E-state index in [1.165, 1.54) is 0 Å². The molecule has 6 heteroatoms. The highest BCUT2D eigenvalue weighted by atomic mass is 16.6. The molecule has 0 aliphatic carbocycles. The number of ether oxygens (including phenoxy) is 6. The summed E-state index contributed by atoms with van der Waals surface area (Å²) in [6, 6.07) is 0.